The lowest BCUT2D eigenvalue weighted by Gasteiger charge is -2.17. The second kappa shape index (κ2) is 6.34. The number of aromatic nitrogens is 2. The molecule has 0 aliphatic heterocycles. The average Bonchev–Trinajstić information content (AvgIpc) is 2.88. The van der Waals surface area contributed by atoms with Crippen LogP contribution in [0.15, 0.2) is 12.1 Å². The molecule has 1 aromatic carbocycles. The Morgan fingerprint density at radius 2 is 2.10 bits per heavy atom. The normalized spacial score (nSPS) is 12.7. The SMILES string of the molecule is CCCc1nnsc1C(NN)c1ccc(C)c(F)c1F. The van der Waals surface area contributed by atoms with Crippen LogP contribution >= 0.6 is 11.5 Å². The second-order valence-corrected chi connectivity index (χ2v) is 5.32. The molecule has 0 amide bonds. The predicted molar refractivity (Wildman–Crippen MR) is 74.2 cm³/mol. The van der Waals surface area contributed by atoms with Crippen LogP contribution in [0, 0.1) is 18.6 Å². The number of hydrogen-bond donors (Lipinski definition) is 2. The quantitative estimate of drug-likeness (QED) is 0.658. The van der Waals surface area contributed by atoms with Gasteiger partial charge >= 0.3 is 0 Å². The van der Waals surface area contributed by atoms with Gasteiger partial charge < -0.3 is 0 Å². The molecule has 0 saturated carbocycles. The van der Waals surface area contributed by atoms with E-state index < -0.39 is 17.7 Å². The molecule has 1 atom stereocenters. The molecular formula is C13H16F2N4S. The third-order valence-corrected chi connectivity index (χ3v) is 3.95. The molecule has 0 aliphatic rings. The van der Waals surface area contributed by atoms with Gasteiger partial charge in [-0.25, -0.2) is 14.2 Å². The Morgan fingerprint density at radius 3 is 2.75 bits per heavy atom. The van der Waals surface area contributed by atoms with Crippen molar-refractivity contribution in [3.63, 3.8) is 0 Å². The van der Waals surface area contributed by atoms with Gasteiger partial charge in [-0.3, -0.25) is 5.84 Å². The summed E-state index contributed by atoms with van der Waals surface area (Å²) < 4.78 is 31.7. The van der Waals surface area contributed by atoms with E-state index in [0.717, 1.165) is 34.9 Å². The number of hydrazine groups is 1. The maximum atomic E-state index is 14.1. The summed E-state index contributed by atoms with van der Waals surface area (Å²) in [6.07, 6.45) is 1.61. The Kier molecular flexibility index (Phi) is 4.74. The Morgan fingerprint density at radius 1 is 1.35 bits per heavy atom. The van der Waals surface area contributed by atoms with Crippen molar-refractivity contribution in [2.75, 3.05) is 0 Å². The van der Waals surface area contributed by atoms with E-state index in [4.69, 9.17) is 5.84 Å². The second-order valence-electron chi connectivity index (χ2n) is 4.53. The molecule has 2 aromatic rings. The monoisotopic (exact) mass is 298 g/mol. The van der Waals surface area contributed by atoms with Gasteiger partial charge in [0.1, 0.15) is 0 Å². The van der Waals surface area contributed by atoms with Gasteiger partial charge in [-0.15, -0.1) is 5.10 Å². The summed E-state index contributed by atoms with van der Waals surface area (Å²) in [5, 5.41) is 4.03. The standard InChI is InChI=1S/C13H16F2N4S/c1-3-4-9-13(20-19-18-9)12(17-16)8-6-5-7(2)10(14)11(8)15/h5-6,12,17H,3-4,16H2,1-2H3. The lowest BCUT2D eigenvalue weighted by atomic mass is 10.0. The van der Waals surface area contributed by atoms with E-state index in [9.17, 15) is 8.78 Å². The molecule has 0 fully saturated rings. The van der Waals surface area contributed by atoms with E-state index in [1.807, 2.05) is 6.92 Å². The highest BCUT2D eigenvalue weighted by atomic mass is 32.1. The van der Waals surface area contributed by atoms with E-state index in [-0.39, 0.29) is 11.1 Å². The van der Waals surface area contributed by atoms with Crippen LogP contribution in [0.4, 0.5) is 8.78 Å². The molecule has 108 valence electrons. The van der Waals surface area contributed by atoms with Crippen LogP contribution in [0.5, 0.6) is 0 Å². The molecule has 0 radical (unpaired) electrons. The zero-order valence-electron chi connectivity index (χ0n) is 11.3. The van der Waals surface area contributed by atoms with Crippen molar-refractivity contribution in [1.82, 2.24) is 15.0 Å². The first-order valence-electron chi connectivity index (χ1n) is 6.31. The zero-order chi connectivity index (χ0) is 14.7. The molecule has 1 heterocycles. The van der Waals surface area contributed by atoms with Crippen molar-refractivity contribution in [2.45, 2.75) is 32.7 Å². The molecule has 7 heteroatoms. The minimum atomic E-state index is -0.885. The molecule has 0 saturated heterocycles. The predicted octanol–water partition coefficient (Wildman–Crippen LogP) is 2.63. The Balaban J connectivity index is 2.47. The Labute approximate surface area is 120 Å². The van der Waals surface area contributed by atoms with Gasteiger partial charge in [0.2, 0.25) is 0 Å². The van der Waals surface area contributed by atoms with Crippen LogP contribution in [0.3, 0.4) is 0 Å². The van der Waals surface area contributed by atoms with Crippen LogP contribution in [0.25, 0.3) is 0 Å². The summed E-state index contributed by atoms with van der Waals surface area (Å²) in [4.78, 5) is 0.719. The number of nitrogens with zero attached hydrogens (tertiary/aromatic N) is 2. The summed E-state index contributed by atoms with van der Waals surface area (Å²) in [6.45, 7) is 3.53. The van der Waals surface area contributed by atoms with Crippen LogP contribution in [-0.4, -0.2) is 9.59 Å². The number of nitrogens with two attached hydrogens (primary N) is 1. The molecule has 20 heavy (non-hydrogen) atoms. The Hall–Kier alpha value is -1.44. The largest absolute Gasteiger partial charge is 0.271 e. The third-order valence-electron chi connectivity index (χ3n) is 3.12. The van der Waals surface area contributed by atoms with Crippen molar-refractivity contribution in [3.05, 3.63) is 45.5 Å². The van der Waals surface area contributed by atoms with E-state index in [1.165, 1.54) is 19.1 Å². The van der Waals surface area contributed by atoms with Crippen molar-refractivity contribution < 1.29 is 8.78 Å². The molecule has 0 bridgehead atoms. The summed E-state index contributed by atoms with van der Waals surface area (Å²) in [5.74, 6) is 3.79. The number of benzene rings is 1. The summed E-state index contributed by atoms with van der Waals surface area (Å²) in [5.41, 5.74) is 3.72. The van der Waals surface area contributed by atoms with Crippen LogP contribution < -0.4 is 11.3 Å². The van der Waals surface area contributed by atoms with Gasteiger partial charge in [0.15, 0.2) is 11.6 Å². The van der Waals surface area contributed by atoms with Crippen LogP contribution in [0.1, 0.15) is 41.1 Å². The molecular weight excluding hydrogens is 282 g/mol. The van der Waals surface area contributed by atoms with Gasteiger partial charge in [-0.1, -0.05) is 30.0 Å². The van der Waals surface area contributed by atoms with Gasteiger partial charge in [-0.05, 0) is 30.4 Å². The van der Waals surface area contributed by atoms with E-state index in [0.29, 0.717) is 0 Å². The maximum absolute atomic E-state index is 14.1. The van der Waals surface area contributed by atoms with E-state index >= 15 is 0 Å². The van der Waals surface area contributed by atoms with Gasteiger partial charge in [0.25, 0.3) is 0 Å². The van der Waals surface area contributed by atoms with Crippen molar-refractivity contribution in [3.8, 4) is 0 Å². The molecule has 0 spiro atoms. The highest BCUT2D eigenvalue weighted by Gasteiger charge is 2.24. The number of aryl methyl sites for hydroxylation is 2. The number of nitrogens with one attached hydrogen (secondary N) is 1. The highest BCUT2D eigenvalue weighted by Crippen LogP contribution is 2.30. The molecule has 4 nitrogen and oxygen atoms in total. The number of hydrogen-bond acceptors (Lipinski definition) is 5. The van der Waals surface area contributed by atoms with Gasteiger partial charge in [-0.2, -0.15) is 0 Å². The van der Waals surface area contributed by atoms with Gasteiger partial charge in [0.05, 0.1) is 16.6 Å². The summed E-state index contributed by atoms with van der Waals surface area (Å²) in [6, 6.07) is 2.42. The lowest BCUT2D eigenvalue weighted by Crippen LogP contribution is -2.30. The third kappa shape index (κ3) is 2.70. The Bertz CT molecular complexity index is 600. The summed E-state index contributed by atoms with van der Waals surface area (Å²) in [7, 11) is 0. The first kappa shape index (κ1) is 15.0. The average molecular weight is 298 g/mol. The van der Waals surface area contributed by atoms with Crippen molar-refractivity contribution in [2.24, 2.45) is 5.84 Å². The van der Waals surface area contributed by atoms with Gasteiger partial charge in [0, 0.05) is 5.56 Å². The molecule has 1 unspecified atom stereocenters. The molecule has 2 rings (SSSR count). The first-order chi connectivity index (χ1) is 9.60. The zero-order valence-corrected chi connectivity index (χ0v) is 12.1. The van der Waals surface area contributed by atoms with Crippen molar-refractivity contribution in [1.29, 1.82) is 0 Å². The molecule has 3 N–H and O–H groups in total. The fraction of sp³-hybridized carbons (Fsp3) is 0.385. The van der Waals surface area contributed by atoms with E-state index in [2.05, 4.69) is 15.0 Å². The molecule has 0 aliphatic carbocycles. The number of rotatable bonds is 5. The molecule has 1 aromatic heterocycles. The highest BCUT2D eigenvalue weighted by molar-refractivity contribution is 7.05. The summed E-state index contributed by atoms with van der Waals surface area (Å²) >= 11 is 1.14. The lowest BCUT2D eigenvalue weighted by molar-refractivity contribution is 0.479. The minimum Gasteiger partial charge on any atom is -0.271 e. The number of halogens is 2. The first-order valence-corrected chi connectivity index (χ1v) is 7.09. The fourth-order valence-electron chi connectivity index (χ4n) is 2.04. The maximum Gasteiger partial charge on any atom is 0.164 e. The fourth-order valence-corrected chi connectivity index (χ4v) is 2.81. The topological polar surface area (TPSA) is 63.8 Å². The van der Waals surface area contributed by atoms with Crippen molar-refractivity contribution >= 4 is 11.5 Å². The minimum absolute atomic E-state index is 0.166. The van der Waals surface area contributed by atoms with E-state index in [1.54, 1.807) is 0 Å². The smallest absolute Gasteiger partial charge is 0.164 e. The van der Waals surface area contributed by atoms with Crippen LogP contribution in [0.2, 0.25) is 0 Å². The van der Waals surface area contributed by atoms with Crippen LogP contribution in [-0.2, 0) is 6.42 Å².